The average molecular weight is 228 g/mol. The van der Waals surface area contributed by atoms with Gasteiger partial charge >= 0.3 is 0 Å². The van der Waals surface area contributed by atoms with Gasteiger partial charge in [0.1, 0.15) is 5.75 Å². The first-order chi connectivity index (χ1) is 7.77. The number of hydrogen-bond donors (Lipinski definition) is 0. The van der Waals surface area contributed by atoms with Crippen LogP contribution < -0.4 is 4.74 Å². The largest absolute Gasteiger partial charge is 0.479 e. The summed E-state index contributed by atoms with van der Waals surface area (Å²) in [6, 6.07) is 7.25. The second-order valence-corrected chi connectivity index (χ2v) is 4.18. The van der Waals surface area contributed by atoms with Gasteiger partial charge in [-0.15, -0.1) is 0 Å². The van der Waals surface area contributed by atoms with Crippen molar-refractivity contribution in [1.29, 1.82) is 0 Å². The number of ketones is 1. The number of carbonyl (C=O) groups is 1. The van der Waals surface area contributed by atoms with Crippen molar-refractivity contribution >= 4 is 22.9 Å². The van der Waals surface area contributed by atoms with Crippen molar-refractivity contribution in [2.75, 3.05) is 0 Å². The SMILES string of the molecule is O=C1C2=CC=CC(=S)C2Oc2ccccc21. The Balaban J connectivity index is 2.17. The van der Waals surface area contributed by atoms with Crippen LogP contribution in [0.4, 0.5) is 0 Å². The van der Waals surface area contributed by atoms with E-state index in [1.54, 1.807) is 30.4 Å². The van der Waals surface area contributed by atoms with Crippen LogP contribution in [0, 0.1) is 0 Å². The van der Waals surface area contributed by atoms with Crippen LogP contribution in [-0.2, 0) is 0 Å². The fourth-order valence-electron chi connectivity index (χ4n) is 1.93. The van der Waals surface area contributed by atoms with Crippen LogP contribution in [0.15, 0.2) is 48.1 Å². The molecule has 0 amide bonds. The monoisotopic (exact) mass is 228 g/mol. The minimum absolute atomic E-state index is 0.0125. The standard InChI is InChI=1S/C13H8O2S/c14-12-8-4-1-2-6-10(8)15-13-9(12)5-3-7-11(13)16/h1-7,13H. The first-order valence-electron chi connectivity index (χ1n) is 5.00. The summed E-state index contributed by atoms with van der Waals surface area (Å²) in [5.74, 6) is 0.630. The molecule has 0 fully saturated rings. The highest BCUT2D eigenvalue weighted by Crippen LogP contribution is 2.32. The zero-order valence-corrected chi connectivity index (χ0v) is 9.16. The minimum atomic E-state index is -0.387. The molecule has 2 nitrogen and oxygen atoms in total. The summed E-state index contributed by atoms with van der Waals surface area (Å²) in [5, 5.41) is 0. The van der Waals surface area contributed by atoms with E-state index in [1.807, 2.05) is 12.1 Å². The van der Waals surface area contributed by atoms with E-state index in [2.05, 4.69) is 0 Å². The summed E-state index contributed by atoms with van der Waals surface area (Å²) in [5.41, 5.74) is 1.24. The van der Waals surface area contributed by atoms with Gasteiger partial charge in [-0.05, 0) is 18.2 Å². The van der Waals surface area contributed by atoms with Crippen molar-refractivity contribution in [2.24, 2.45) is 0 Å². The molecule has 3 rings (SSSR count). The number of hydrogen-bond acceptors (Lipinski definition) is 3. The molecule has 1 aromatic rings. The number of fused-ring (bicyclic) bond motifs is 2. The molecule has 1 aliphatic heterocycles. The Morgan fingerprint density at radius 1 is 1.25 bits per heavy atom. The van der Waals surface area contributed by atoms with Crippen molar-refractivity contribution in [1.82, 2.24) is 0 Å². The maximum absolute atomic E-state index is 12.2. The first kappa shape index (κ1) is 9.48. The molecule has 0 aromatic heterocycles. The number of allylic oxidation sites excluding steroid dienone is 2. The molecule has 2 aliphatic rings. The van der Waals surface area contributed by atoms with Crippen LogP contribution >= 0.6 is 12.2 Å². The molecule has 78 valence electrons. The fraction of sp³-hybridized carbons (Fsp3) is 0.0769. The number of thiocarbonyl (C=S) groups is 1. The molecule has 0 radical (unpaired) electrons. The van der Waals surface area contributed by atoms with E-state index >= 15 is 0 Å². The predicted octanol–water partition coefficient (Wildman–Crippen LogP) is 2.50. The maximum atomic E-state index is 12.2. The third kappa shape index (κ3) is 1.25. The second-order valence-electron chi connectivity index (χ2n) is 3.71. The van der Waals surface area contributed by atoms with Gasteiger partial charge in [0.25, 0.3) is 0 Å². The summed E-state index contributed by atoms with van der Waals surface area (Å²) in [4.78, 5) is 12.8. The average Bonchev–Trinajstić information content (AvgIpc) is 2.31. The molecule has 0 N–H and O–H groups in total. The van der Waals surface area contributed by atoms with Gasteiger partial charge in [0.05, 0.1) is 10.4 Å². The molecule has 0 bridgehead atoms. The van der Waals surface area contributed by atoms with Gasteiger partial charge in [-0.3, -0.25) is 4.79 Å². The molecule has 1 aromatic carbocycles. The van der Waals surface area contributed by atoms with E-state index in [0.717, 1.165) is 0 Å². The van der Waals surface area contributed by atoms with Crippen molar-refractivity contribution in [3.63, 3.8) is 0 Å². The third-order valence-corrected chi connectivity index (χ3v) is 3.07. The van der Waals surface area contributed by atoms with Crippen LogP contribution in [0.3, 0.4) is 0 Å². The lowest BCUT2D eigenvalue weighted by Gasteiger charge is -2.28. The lowest BCUT2D eigenvalue weighted by molar-refractivity contribution is 0.0986. The van der Waals surface area contributed by atoms with Gasteiger partial charge in [-0.2, -0.15) is 0 Å². The van der Waals surface area contributed by atoms with E-state index in [0.29, 0.717) is 21.8 Å². The maximum Gasteiger partial charge on any atom is 0.196 e. The highest BCUT2D eigenvalue weighted by molar-refractivity contribution is 7.80. The number of rotatable bonds is 0. The number of para-hydroxylation sites is 1. The fourth-order valence-corrected chi connectivity index (χ4v) is 2.18. The van der Waals surface area contributed by atoms with Gasteiger partial charge < -0.3 is 4.74 Å². The Morgan fingerprint density at radius 3 is 2.94 bits per heavy atom. The molecular formula is C13H8O2S. The van der Waals surface area contributed by atoms with Gasteiger partial charge in [0.15, 0.2) is 11.9 Å². The highest BCUT2D eigenvalue weighted by atomic mass is 32.1. The zero-order chi connectivity index (χ0) is 11.1. The summed E-state index contributed by atoms with van der Waals surface area (Å²) in [6.45, 7) is 0. The molecule has 0 saturated heterocycles. The lowest BCUT2D eigenvalue weighted by Crippen LogP contribution is -2.36. The van der Waals surface area contributed by atoms with Crippen molar-refractivity contribution in [3.8, 4) is 5.75 Å². The smallest absolute Gasteiger partial charge is 0.196 e. The van der Waals surface area contributed by atoms with Crippen LogP contribution in [0.2, 0.25) is 0 Å². The van der Waals surface area contributed by atoms with Crippen molar-refractivity contribution in [3.05, 3.63) is 53.6 Å². The molecule has 0 spiro atoms. The van der Waals surface area contributed by atoms with Crippen LogP contribution in [0.1, 0.15) is 10.4 Å². The molecule has 1 aliphatic carbocycles. The predicted molar refractivity (Wildman–Crippen MR) is 65.0 cm³/mol. The molecule has 1 atom stereocenters. The normalized spacial score (nSPS) is 22.0. The Morgan fingerprint density at radius 2 is 2.06 bits per heavy atom. The van der Waals surface area contributed by atoms with Gasteiger partial charge in [0, 0.05) is 5.57 Å². The van der Waals surface area contributed by atoms with Gasteiger partial charge in [-0.1, -0.05) is 36.5 Å². The van der Waals surface area contributed by atoms with E-state index in [9.17, 15) is 4.79 Å². The third-order valence-electron chi connectivity index (χ3n) is 2.72. The topological polar surface area (TPSA) is 26.3 Å². The number of carbonyl (C=O) groups excluding carboxylic acids is 1. The number of ether oxygens (including phenoxy) is 1. The zero-order valence-electron chi connectivity index (χ0n) is 8.34. The Hall–Kier alpha value is -1.74. The molecule has 1 heterocycles. The minimum Gasteiger partial charge on any atom is -0.479 e. The molecule has 1 unspecified atom stereocenters. The molecule has 0 saturated carbocycles. The Bertz CT molecular complexity index is 555. The molecular weight excluding hydrogens is 220 g/mol. The molecule has 3 heteroatoms. The summed E-state index contributed by atoms with van der Waals surface area (Å²) in [7, 11) is 0. The molecule has 16 heavy (non-hydrogen) atoms. The number of Topliss-reactive ketones (excluding diaryl/α,β-unsaturated/α-hetero) is 1. The van der Waals surface area contributed by atoms with Gasteiger partial charge in [0.2, 0.25) is 0 Å². The van der Waals surface area contributed by atoms with Crippen molar-refractivity contribution < 1.29 is 9.53 Å². The second kappa shape index (κ2) is 3.39. The lowest BCUT2D eigenvalue weighted by atomic mass is 9.90. The Labute approximate surface area is 98.2 Å². The first-order valence-corrected chi connectivity index (χ1v) is 5.41. The van der Waals surface area contributed by atoms with E-state index in [1.165, 1.54) is 0 Å². The van der Waals surface area contributed by atoms with Crippen LogP contribution in [-0.4, -0.2) is 16.8 Å². The highest BCUT2D eigenvalue weighted by Gasteiger charge is 2.34. The van der Waals surface area contributed by atoms with E-state index in [4.69, 9.17) is 17.0 Å². The Kier molecular flexibility index (Phi) is 2.01. The van der Waals surface area contributed by atoms with E-state index < -0.39 is 0 Å². The van der Waals surface area contributed by atoms with Crippen LogP contribution in [0.25, 0.3) is 0 Å². The van der Waals surface area contributed by atoms with Gasteiger partial charge in [-0.25, -0.2) is 0 Å². The summed E-state index contributed by atoms with van der Waals surface area (Å²) in [6.07, 6.45) is 4.98. The summed E-state index contributed by atoms with van der Waals surface area (Å²) >= 11 is 5.18. The van der Waals surface area contributed by atoms with Crippen molar-refractivity contribution in [2.45, 2.75) is 6.10 Å². The number of benzene rings is 1. The van der Waals surface area contributed by atoms with E-state index in [-0.39, 0.29) is 11.9 Å². The van der Waals surface area contributed by atoms with Crippen LogP contribution in [0.5, 0.6) is 5.75 Å². The summed E-state index contributed by atoms with van der Waals surface area (Å²) < 4.78 is 5.74. The quantitative estimate of drug-likeness (QED) is 0.638.